The van der Waals surface area contributed by atoms with E-state index in [-0.39, 0.29) is 0 Å². The number of thiol groups is 1. The average molecular weight is 510 g/mol. The summed E-state index contributed by atoms with van der Waals surface area (Å²) in [6.07, 6.45) is 12.5. The quantitative estimate of drug-likeness (QED) is 0.185. The van der Waals surface area contributed by atoms with Crippen molar-refractivity contribution in [2.24, 2.45) is 11.8 Å². The largest absolute Gasteiger partial charge is 0.388 e. The second-order valence-corrected chi connectivity index (χ2v) is 9.23. The van der Waals surface area contributed by atoms with Crippen molar-refractivity contribution in [1.29, 1.82) is 0 Å². The first-order valence-electron chi connectivity index (χ1n) is 13.1. The summed E-state index contributed by atoms with van der Waals surface area (Å²) in [6, 6.07) is 17.3. The average Bonchev–Trinajstić information content (AvgIpc) is 2.91. The number of H-pyrrole nitrogens is 1. The van der Waals surface area contributed by atoms with Crippen molar-refractivity contribution < 1.29 is 0 Å². The Labute approximate surface area is 227 Å². The summed E-state index contributed by atoms with van der Waals surface area (Å²) < 4.78 is 2.20. The second kappa shape index (κ2) is 20.6. The number of aromatic amines is 1. The molecule has 0 aliphatic carbocycles. The van der Waals surface area contributed by atoms with Gasteiger partial charge in [0.1, 0.15) is 0 Å². The van der Waals surface area contributed by atoms with Gasteiger partial charge in [0.2, 0.25) is 0 Å². The van der Waals surface area contributed by atoms with E-state index in [2.05, 4.69) is 130 Å². The van der Waals surface area contributed by atoms with Crippen LogP contribution in [-0.4, -0.2) is 23.1 Å². The molecule has 0 amide bonds. The van der Waals surface area contributed by atoms with Gasteiger partial charge in [-0.25, -0.2) is 0 Å². The summed E-state index contributed by atoms with van der Waals surface area (Å²) >= 11 is 3.53. The van der Waals surface area contributed by atoms with Crippen LogP contribution in [0.2, 0.25) is 0 Å². The molecule has 0 aliphatic rings. The van der Waals surface area contributed by atoms with E-state index in [0.717, 1.165) is 24.6 Å². The Morgan fingerprint density at radius 1 is 0.972 bits per heavy atom. The Morgan fingerprint density at radius 2 is 1.58 bits per heavy atom. The summed E-state index contributed by atoms with van der Waals surface area (Å²) in [5.41, 5.74) is 6.43. The van der Waals surface area contributed by atoms with Gasteiger partial charge in [0.25, 0.3) is 0 Å². The van der Waals surface area contributed by atoms with Gasteiger partial charge in [0.05, 0.1) is 12.2 Å². The van der Waals surface area contributed by atoms with Crippen LogP contribution in [0, 0.1) is 18.8 Å². The topological polar surface area (TPSA) is 32.8 Å². The lowest BCUT2D eigenvalue weighted by molar-refractivity contribution is 0.534. The number of hydrogen-bond acceptors (Lipinski definition) is 2. The van der Waals surface area contributed by atoms with Gasteiger partial charge in [-0.1, -0.05) is 94.7 Å². The zero-order valence-corrected chi connectivity index (χ0v) is 24.7. The molecular weight excluding hydrogens is 458 g/mol. The zero-order chi connectivity index (χ0) is 27.3. The van der Waals surface area contributed by atoms with Crippen molar-refractivity contribution in [2.45, 2.75) is 66.8 Å². The molecule has 0 spiro atoms. The molecule has 1 aromatic heterocycles. The Morgan fingerprint density at radius 3 is 2.00 bits per heavy atom. The highest BCUT2D eigenvalue weighted by molar-refractivity contribution is 7.79. The Hall–Kier alpha value is -2.59. The van der Waals surface area contributed by atoms with E-state index in [1.54, 1.807) is 6.26 Å². The Balaban J connectivity index is 0.000000683. The van der Waals surface area contributed by atoms with Crippen LogP contribution in [0.25, 0.3) is 0 Å². The van der Waals surface area contributed by atoms with Crippen LogP contribution in [0.5, 0.6) is 0 Å². The molecule has 3 rings (SSSR count). The molecule has 3 nitrogen and oxygen atoms in total. The second-order valence-electron chi connectivity index (χ2n) is 9.23. The number of unbranched alkanes of at least 4 members (excludes halogenated alkanes) is 1. The van der Waals surface area contributed by atoms with E-state index in [9.17, 15) is 0 Å². The van der Waals surface area contributed by atoms with Gasteiger partial charge in [0, 0.05) is 25.4 Å². The highest BCUT2D eigenvalue weighted by Gasteiger charge is 2.06. The van der Waals surface area contributed by atoms with Crippen LogP contribution in [0.1, 0.15) is 69.3 Å². The van der Waals surface area contributed by atoms with Crippen LogP contribution in [0.3, 0.4) is 0 Å². The van der Waals surface area contributed by atoms with Crippen molar-refractivity contribution in [3.8, 4) is 0 Å². The van der Waals surface area contributed by atoms with Gasteiger partial charge in [-0.2, -0.15) is 12.6 Å². The lowest BCUT2D eigenvalue weighted by atomic mass is 9.98. The highest BCUT2D eigenvalue weighted by Crippen LogP contribution is 2.15. The summed E-state index contributed by atoms with van der Waals surface area (Å²) in [5, 5.41) is 6.44. The third kappa shape index (κ3) is 14.1. The molecule has 0 atom stereocenters. The molecule has 2 N–H and O–H groups in total. The summed E-state index contributed by atoms with van der Waals surface area (Å²) in [5.74, 6) is 1.25. The fourth-order valence-corrected chi connectivity index (χ4v) is 3.30. The fraction of sp³-hybridized carbons (Fsp3) is 0.438. The molecule has 36 heavy (non-hydrogen) atoms. The van der Waals surface area contributed by atoms with E-state index in [4.69, 9.17) is 0 Å². The van der Waals surface area contributed by atoms with Crippen molar-refractivity contribution in [2.75, 3.05) is 18.6 Å². The van der Waals surface area contributed by atoms with Crippen molar-refractivity contribution >= 4 is 18.3 Å². The number of hydrogen-bond donors (Lipinski definition) is 3. The zero-order valence-electron chi connectivity index (χ0n) is 23.8. The fourth-order valence-electron chi connectivity index (χ4n) is 3.30. The first-order chi connectivity index (χ1) is 17.4. The third-order valence-corrected chi connectivity index (χ3v) is 5.64. The first kappa shape index (κ1) is 33.4. The minimum Gasteiger partial charge on any atom is -0.388 e. The van der Waals surface area contributed by atoms with Crippen LogP contribution in [-0.2, 0) is 13.0 Å². The minimum absolute atomic E-state index is 0.505. The third-order valence-electron chi connectivity index (χ3n) is 5.64. The predicted molar refractivity (Wildman–Crippen MR) is 167 cm³/mol. The van der Waals surface area contributed by atoms with Crippen LogP contribution >= 0.6 is 12.6 Å². The first-order valence-corrected chi connectivity index (χ1v) is 14.0. The maximum atomic E-state index is 3.71. The van der Waals surface area contributed by atoms with Gasteiger partial charge in [-0.3, -0.25) is 4.68 Å². The van der Waals surface area contributed by atoms with E-state index in [0.29, 0.717) is 5.92 Å². The van der Waals surface area contributed by atoms with E-state index < -0.39 is 0 Å². The molecule has 0 saturated heterocycles. The van der Waals surface area contributed by atoms with E-state index >= 15 is 0 Å². The highest BCUT2D eigenvalue weighted by atomic mass is 32.1. The summed E-state index contributed by atoms with van der Waals surface area (Å²) in [7, 11) is 1.95. The maximum absolute atomic E-state index is 3.71. The van der Waals surface area contributed by atoms with Gasteiger partial charge in [0.15, 0.2) is 0 Å². The van der Waals surface area contributed by atoms with Gasteiger partial charge in [-0.15, -0.1) is 13.2 Å². The Bertz CT molecular complexity index is 924. The predicted octanol–water partition coefficient (Wildman–Crippen LogP) is 9.18. The number of rotatable bonds is 10. The summed E-state index contributed by atoms with van der Waals surface area (Å²) in [4.78, 5) is 0. The smallest absolute Gasteiger partial charge is 0.0642 e. The molecule has 0 aliphatic heterocycles. The number of nitrogens with zero attached hydrogens (tertiary/aromatic N) is 1. The number of nitrogens with one attached hydrogen (secondary N) is 2. The molecule has 2 aromatic carbocycles. The number of aryl methyl sites for hydroxylation is 1. The van der Waals surface area contributed by atoms with Crippen molar-refractivity contribution in [3.05, 3.63) is 102 Å². The molecule has 1 heterocycles. The molecular formula is C32H51N3S. The van der Waals surface area contributed by atoms with Gasteiger partial charge < -0.3 is 10.4 Å². The SMILES string of the molecule is C=CC(C=C)CC(C)C.CCCC.CNc1cccc(Cn2[nH]cc2Cc2ccc(C)cc2)c1.CS. The molecule has 0 fully saturated rings. The monoisotopic (exact) mass is 509 g/mol. The molecule has 0 unspecified atom stereocenters. The minimum atomic E-state index is 0.505. The number of anilines is 1. The molecule has 0 saturated carbocycles. The maximum Gasteiger partial charge on any atom is 0.0642 e. The van der Waals surface area contributed by atoms with Crippen molar-refractivity contribution in [1.82, 2.24) is 9.78 Å². The number of benzene rings is 2. The molecule has 0 bridgehead atoms. The number of aromatic nitrogens is 2. The Kier molecular flexibility index (Phi) is 19.1. The molecule has 200 valence electrons. The molecule has 3 aromatic rings. The normalized spacial score (nSPS) is 9.83. The van der Waals surface area contributed by atoms with Gasteiger partial charge in [-0.05, 0) is 54.7 Å². The van der Waals surface area contributed by atoms with Crippen molar-refractivity contribution in [3.63, 3.8) is 0 Å². The van der Waals surface area contributed by atoms with Crippen LogP contribution < -0.4 is 5.32 Å². The van der Waals surface area contributed by atoms with E-state index in [1.165, 1.54) is 41.6 Å². The number of allylic oxidation sites excluding steroid dienone is 2. The lowest BCUT2D eigenvalue weighted by Crippen LogP contribution is -2.16. The molecule has 0 radical (unpaired) electrons. The van der Waals surface area contributed by atoms with Crippen LogP contribution in [0.4, 0.5) is 5.69 Å². The van der Waals surface area contributed by atoms with E-state index in [1.807, 2.05) is 19.2 Å². The van der Waals surface area contributed by atoms with Gasteiger partial charge >= 0.3 is 0 Å². The standard InChI is InChI=1S/C18H21N3.C9H16.C4H10.CH4S/c1-14-6-8-15(9-7-14)11-18-12-20-21(18)13-16-4-3-5-17(10-16)19-2;1-5-9(6-2)7-8(3)4;1-3-4-2;1-2/h3-10,12,19-20H,11,13H2,1-2H3;5-6,8-9H,1-2,7H2,3-4H3;3-4H2,1-2H3;2H,1H3. The van der Waals surface area contributed by atoms with Crippen LogP contribution in [0.15, 0.2) is 80.0 Å². The lowest BCUT2D eigenvalue weighted by Gasteiger charge is -2.18. The summed E-state index contributed by atoms with van der Waals surface area (Å²) in [6.45, 7) is 19.2. The molecule has 4 heteroatoms.